The Labute approximate surface area is 146 Å². The van der Waals surface area contributed by atoms with Gasteiger partial charge in [-0.3, -0.25) is 4.79 Å². The summed E-state index contributed by atoms with van der Waals surface area (Å²) in [5.74, 6) is 0.599. The topological polar surface area (TPSA) is 52.7 Å². The van der Waals surface area contributed by atoms with E-state index in [0.29, 0.717) is 25.4 Å². The van der Waals surface area contributed by atoms with E-state index >= 15 is 0 Å². The predicted octanol–water partition coefficient (Wildman–Crippen LogP) is 1.98. The molecule has 126 valence electrons. The van der Waals surface area contributed by atoms with Crippen molar-refractivity contribution >= 4 is 35.9 Å². The summed E-state index contributed by atoms with van der Waals surface area (Å²) in [7, 11) is 0. The van der Waals surface area contributed by atoms with E-state index in [9.17, 15) is 9.59 Å². The number of carbonyl (C=O) groups excluding carboxylic acids is 2. The van der Waals surface area contributed by atoms with Crippen LogP contribution < -0.4 is 5.32 Å². The SMILES string of the molecule is O=C(NCCS)C1CCCN(C(=O)N2CCc3sccc3C2)C1. The van der Waals surface area contributed by atoms with Crippen LogP contribution in [0.25, 0.3) is 0 Å². The Morgan fingerprint density at radius 3 is 3.04 bits per heavy atom. The monoisotopic (exact) mass is 353 g/mol. The molecule has 1 unspecified atom stereocenters. The van der Waals surface area contributed by atoms with Gasteiger partial charge in [-0.25, -0.2) is 4.79 Å². The van der Waals surface area contributed by atoms with E-state index in [1.165, 1.54) is 10.4 Å². The summed E-state index contributed by atoms with van der Waals surface area (Å²) in [5.41, 5.74) is 1.27. The third kappa shape index (κ3) is 3.83. The number of thiol groups is 1. The van der Waals surface area contributed by atoms with Crippen molar-refractivity contribution < 1.29 is 9.59 Å². The van der Waals surface area contributed by atoms with Crippen molar-refractivity contribution in [2.45, 2.75) is 25.8 Å². The maximum absolute atomic E-state index is 12.8. The van der Waals surface area contributed by atoms with Gasteiger partial charge in [0, 0.05) is 43.4 Å². The Bertz CT molecular complexity index is 575. The number of thiophene rings is 1. The summed E-state index contributed by atoms with van der Waals surface area (Å²) in [6.45, 7) is 3.34. The van der Waals surface area contributed by atoms with Crippen LogP contribution >= 0.6 is 24.0 Å². The summed E-state index contributed by atoms with van der Waals surface area (Å²) in [6, 6.07) is 2.19. The molecule has 3 heterocycles. The highest BCUT2D eigenvalue weighted by molar-refractivity contribution is 7.80. The van der Waals surface area contributed by atoms with E-state index in [0.717, 1.165) is 32.4 Å². The van der Waals surface area contributed by atoms with Gasteiger partial charge in [0.1, 0.15) is 0 Å². The average Bonchev–Trinajstić information content (AvgIpc) is 3.06. The lowest BCUT2D eigenvalue weighted by molar-refractivity contribution is -0.126. The summed E-state index contributed by atoms with van der Waals surface area (Å²) in [4.78, 5) is 30.1. The Hall–Kier alpha value is -1.21. The second-order valence-electron chi connectivity index (χ2n) is 6.12. The number of nitrogens with zero attached hydrogens (tertiary/aromatic N) is 2. The number of fused-ring (bicyclic) bond motifs is 1. The minimum atomic E-state index is -0.0888. The first-order valence-electron chi connectivity index (χ1n) is 8.16. The molecule has 1 saturated heterocycles. The highest BCUT2D eigenvalue weighted by Gasteiger charge is 2.31. The van der Waals surface area contributed by atoms with Crippen LogP contribution in [0.5, 0.6) is 0 Å². The van der Waals surface area contributed by atoms with Gasteiger partial charge in [0.25, 0.3) is 0 Å². The molecule has 0 aliphatic carbocycles. The second-order valence-corrected chi connectivity index (χ2v) is 7.57. The van der Waals surface area contributed by atoms with Gasteiger partial charge in [-0.2, -0.15) is 12.6 Å². The predicted molar refractivity (Wildman–Crippen MR) is 95.0 cm³/mol. The van der Waals surface area contributed by atoms with E-state index in [2.05, 4.69) is 29.4 Å². The summed E-state index contributed by atoms with van der Waals surface area (Å²) < 4.78 is 0. The first kappa shape index (κ1) is 16.6. The van der Waals surface area contributed by atoms with E-state index in [1.807, 2.05) is 9.80 Å². The molecule has 2 aliphatic heterocycles. The summed E-state index contributed by atoms with van der Waals surface area (Å²) in [5, 5.41) is 4.98. The number of rotatable bonds is 3. The zero-order valence-electron chi connectivity index (χ0n) is 13.2. The summed E-state index contributed by atoms with van der Waals surface area (Å²) in [6.07, 6.45) is 2.69. The van der Waals surface area contributed by atoms with Crippen LogP contribution in [0.15, 0.2) is 11.4 Å². The van der Waals surface area contributed by atoms with E-state index in [4.69, 9.17) is 0 Å². The van der Waals surface area contributed by atoms with Gasteiger partial charge < -0.3 is 15.1 Å². The zero-order valence-corrected chi connectivity index (χ0v) is 14.9. The largest absolute Gasteiger partial charge is 0.355 e. The van der Waals surface area contributed by atoms with Gasteiger partial charge in [0.05, 0.1) is 5.92 Å². The molecule has 1 aromatic rings. The molecule has 0 bridgehead atoms. The number of hydrogen-bond acceptors (Lipinski definition) is 4. The fourth-order valence-electron chi connectivity index (χ4n) is 3.30. The lowest BCUT2D eigenvalue weighted by Gasteiger charge is -2.37. The van der Waals surface area contributed by atoms with Crippen LogP contribution in [0, 0.1) is 5.92 Å². The first-order valence-corrected chi connectivity index (χ1v) is 9.68. The third-order valence-corrected chi connectivity index (χ3v) is 5.80. The van der Waals surface area contributed by atoms with Gasteiger partial charge >= 0.3 is 6.03 Å². The fourth-order valence-corrected chi connectivity index (χ4v) is 4.30. The quantitative estimate of drug-likeness (QED) is 0.817. The standard InChI is InChI=1S/C16H23N3O2S2/c20-15(17-5-8-22)13-2-1-6-18(11-13)16(21)19-7-3-14-12(10-19)4-9-23-14/h4,9,13,22H,1-3,5-8,10-11H2,(H,17,20). The molecule has 1 aromatic heterocycles. The Morgan fingerprint density at radius 2 is 2.22 bits per heavy atom. The molecule has 0 aromatic carbocycles. The Balaban J connectivity index is 1.58. The number of piperidine rings is 1. The fraction of sp³-hybridized carbons (Fsp3) is 0.625. The van der Waals surface area contributed by atoms with Crippen LogP contribution in [-0.4, -0.2) is 53.7 Å². The highest BCUT2D eigenvalue weighted by atomic mass is 32.1. The molecule has 23 heavy (non-hydrogen) atoms. The molecule has 5 nitrogen and oxygen atoms in total. The van der Waals surface area contributed by atoms with Crippen LogP contribution in [0.2, 0.25) is 0 Å². The van der Waals surface area contributed by atoms with Crippen molar-refractivity contribution in [1.29, 1.82) is 0 Å². The molecule has 3 amide bonds. The minimum absolute atomic E-state index is 0.0512. The van der Waals surface area contributed by atoms with Crippen molar-refractivity contribution in [2.24, 2.45) is 5.92 Å². The van der Waals surface area contributed by atoms with Crippen molar-refractivity contribution in [2.75, 3.05) is 31.9 Å². The molecule has 1 N–H and O–H groups in total. The maximum Gasteiger partial charge on any atom is 0.320 e. The number of nitrogens with one attached hydrogen (secondary N) is 1. The van der Waals surface area contributed by atoms with E-state index in [-0.39, 0.29) is 17.9 Å². The number of likely N-dealkylation sites (tertiary alicyclic amines) is 1. The minimum Gasteiger partial charge on any atom is -0.355 e. The molecular weight excluding hydrogens is 330 g/mol. The third-order valence-electron chi connectivity index (χ3n) is 4.55. The van der Waals surface area contributed by atoms with Crippen molar-refractivity contribution in [3.8, 4) is 0 Å². The first-order chi connectivity index (χ1) is 11.2. The smallest absolute Gasteiger partial charge is 0.320 e. The Morgan fingerprint density at radius 1 is 1.35 bits per heavy atom. The van der Waals surface area contributed by atoms with Crippen LogP contribution in [0.3, 0.4) is 0 Å². The Kier molecular flexibility index (Phi) is 5.48. The molecule has 0 spiro atoms. The average molecular weight is 354 g/mol. The van der Waals surface area contributed by atoms with Crippen LogP contribution in [0.4, 0.5) is 4.79 Å². The molecule has 7 heteroatoms. The molecular formula is C16H23N3O2S2. The lowest BCUT2D eigenvalue weighted by atomic mass is 9.97. The molecule has 2 aliphatic rings. The lowest BCUT2D eigenvalue weighted by Crippen LogP contribution is -2.51. The van der Waals surface area contributed by atoms with Gasteiger partial charge in [0.15, 0.2) is 0 Å². The molecule has 0 saturated carbocycles. The van der Waals surface area contributed by atoms with Gasteiger partial charge in [-0.05, 0) is 36.3 Å². The normalized spacial score (nSPS) is 21.0. The second kappa shape index (κ2) is 7.57. The summed E-state index contributed by atoms with van der Waals surface area (Å²) >= 11 is 5.89. The van der Waals surface area contributed by atoms with Crippen LogP contribution in [0.1, 0.15) is 23.3 Å². The number of amides is 3. The van der Waals surface area contributed by atoms with Gasteiger partial charge in [-0.1, -0.05) is 0 Å². The van der Waals surface area contributed by atoms with Crippen molar-refractivity contribution in [3.63, 3.8) is 0 Å². The van der Waals surface area contributed by atoms with Crippen molar-refractivity contribution in [1.82, 2.24) is 15.1 Å². The van der Waals surface area contributed by atoms with Crippen LogP contribution in [-0.2, 0) is 17.8 Å². The number of carbonyl (C=O) groups is 2. The number of urea groups is 1. The van der Waals surface area contributed by atoms with Gasteiger partial charge in [-0.15, -0.1) is 11.3 Å². The maximum atomic E-state index is 12.8. The molecule has 0 radical (unpaired) electrons. The number of hydrogen-bond donors (Lipinski definition) is 2. The molecule has 1 fully saturated rings. The zero-order chi connectivity index (χ0) is 16.2. The highest BCUT2D eigenvalue weighted by Crippen LogP contribution is 2.26. The van der Waals surface area contributed by atoms with E-state index < -0.39 is 0 Å². The van der Waals surface area contributed by atoms with E-state index in [1.54, 1.807) is 11.3 Å². The van der Waals surface area contributed by atoms with Crippen molar-refractivity contribution in [3.05, 3.63) is 21.9 Å². The molecule has 1 atom stereocenters. The molecule has 3 rings (SSSR count). The van der Waals surface area contributed by atoms with Gasteiger partial charge in [0.2, 0.25) is 5.91 Å².